The first-order valence-corrected chi connectivity index (χ1v) is 6.19. The summed E-state index contributed by atoms with van der Waals surface area (Å²) >= 11 is 0. The molecule has 0 radical (unpaired) electrons. The summed E-state index contributed by atoms with van der Waals surface area (Å²) < 4.78 is 0. The summed E-state index contributed by atoms with van der Waals surface area (Å²) in [4.78, 5) is 0. The van der Waals surface area contributed by atoms with E-state index in [0.717, 1.165) is 0 Å². The third kappa shape index (κ3) is 3.10. The summed E-state index contributed by atoms with van der Waals surface area (Å²) in [5.41, 5.74) is 3.40. The lowest BCUT2D eigenvalue weighted by atomic mass is 9.63. The summed E-state index contributed by atoms with van der Waals surface area (Å²) in [6, 6.07) is 9.02. The van der Waals surface area contributed by atoms with Crippen LogP contribution in [0.15, 0.2) is 24.3 Å². The van der Waals surface area contributed by atoms with E-state index in [1.54, 1.807) is 0 Å². The van der Waals surface area contributed by atoms with Gasteiger partial charge in [-0.25, -0.2) is 0 Å². The van der Waals surface area contributed by atoms with Crippen LogP contribution in [-0.2, 0) is 0 Å². The first-order chi connectivity index (χ1) is 7.12. The van der Waals surface area contributed by atoms with E-state index in [1.807, 2.05) is 0 Å². The molecule has 0 nitrogen and oxygen atoms in total. The standard InChI is InChI=1S/C16H26/c1-12-8-10-13(11-9-12)14(15(2,3)4)16(5,6)7/h8-11,14H,1-7H3. The van der Waals surface area contributed by atoms with Crippen LogP contribution in [0, 0.1) is 17.8 Å². The fraction of sp³-hybridized carbons (Fsp3) is 0.625. The van der Waals surface area contributed by atoms with Gasteiger partial charge in [0.2, 0.25) is 0 Å². The Morgan fingerprint density at radius 2 is 1.12 bits per heavy atom. The smallest absolute Gasteiger partial charge is 0.00646 e. The Labute approximate surface area is 101 Å². The summed E-state index contributed by atoms with van der Waals surface area (Å²) in [5.74, 6) is 0.584. The summed E-state index contributed by atoms with van der Waals surface area (Å²) in [6.45, 7) is 16.2. The molecule has 0 unspecified atom stereocenters. The second-order valence-electron chi connectivity index (χ2n) is 7.08. The maximum absolute atomic E-state index is 2.34. The van der Waals surface area contributed by atoms with Crippen molar-refractivity contribution in [2.24, 2.45) is 10.8 Å². The lowest BCUT2D eigenvalue weighted by Gasteiger charge is -2.41. The van der Waals surface area contributed by atoms with E-state index >= 15 is 0 Å². The molecule has 1 rings (SSSR count). The van der Waals surface area contributed by atoms with Gasteiger partial charge in [0.25, 0.3) is 0 Å². The quantitative estimate of drug-likeness (QED) is 0.610. The topological polar surface area (TPSA) is 0 Å². The van der Waals surface area contributed by atoms with Crippen LogP contribution >= 0.6 is 0 Å². The molecule has 0 aliphatic rings. The van der Waals surface area contributed by atoms with Gasteiger partial charge in [0, 0.05) is 0 Å². The number of aryl methyl sites for hydroxylation is 1. The zero-order valence-corrected chi connectivity index (χ0v) is 11.9. The minimum absolute atomic E-state index is 0.299. The number of rotatable bonds is 1. The third-order valence-corrected chi connectivity index (χ3v) is 3.14. The molecule has 16 heavy (non-hydrogen) atoms. The zero-order valence-electron chi connectivity index (χ0n) is 11.9. The van der Waals surface area contributed by atoms with E-state index in [4.69, 9.17) is 0 Å². The highest BCUT2D eigenvalue weighted by molar-refractivity contribution is 5.27. The molecule has 0 aliphatic carbocycles. The van der Waals surface area contributed by atoms with Crippen LogP contribution in [0.4, 0.5) is 0 Å². The minimum Gasteiger partial charge on any atom is -0.0596 e. The molecule has 0 heteroatoms. The molecule has 0 amide bonds. The molecule has 1 aromatic carbocycles. The van der Waals surface area contributed by atoms with Gasteiger partial charge in [0.1, 0.15) is 0 Å². The number of benzene rings is 1. The molecule has 0 aliphatic heterocycles. The van der Waals surface area contributed by atoms with Crippen LogP contribution in [-0.4, -0.2) is 0 Å². The summed E-state index contributed by atoms with van der Waals surface area (Å²) in [6.07, 6.45) is 0. The van der Waals surface area contributed by atoms with Gasteiger partial charge in [-0.05, 0) is 29.2 Å². The van der Waals surface area contributed by atoms with E-state index < -0.39 is 0 Å². The molecule has 0 saturated heterocycles. The van der Waals surface area contributed by atoms with Gasteiger partial charge in [-0.2, -0.15) is 0 Å². The van der Waals surface area contributed by atoms with Crippen molar-refractivity contribution in [3.8, 4) is 0 Å². The van der Waals surface area contributed by atoms with Gasteiger partial charge >= 0.3 is 0 Å². The highest BCUT2D eigenvalue weighted by Crippen LogP contribution is 2.47. The average molecular weight is 218 g/mol. The molecular weight excluding hydrogens is 192 g/mol. The van der Waals surface area contributed by atoms with Gasteiger partial charge in [-0.15, -0.1) is 0 Å². The predicted molar refractivity (Wildman–Crippen MR) is 72.8 cm³/mol. The van der Waals surface area contributed by atoms with Crippen LogP contribution in [0.1, 0.15) is 58.6 Å². The van der Waals surface area contributed by atoms with E-state index in [0.29, 0.717) is 16.7 Å². The monoisotopic (exact) mass is 218 g/mol. The molecule has 0 saturated carbocycles. The molecule has 1 aromatic rings. The van der Waals surface area contributed by atoms with Crippen LogP contribution < -0.4 is 0 Å². The lowest BCUT2D eigenvalue weighted by Crippen LogP contribution is -2.30. The van der Waals surface area contributed by atoms with Crippen LogP contribution in [0.2, 0.25) is 0 Å². The second-order valence-corrected chi connectivity index (χ2v) is 7.08. The molecule has 0 atom stereocenters. The van der Waals surface area contributed by atoms with Crippen molar-refractivity contribution in [3.05, 3.63) is 35.4 Å². The Balaban J connectivity index is 3.18. The fourth-order valence-electron chi connectivity index (χ4n) is 3.06. The number of hydrogen-bond acceptors (Lipinski definition) is 0. The molecular formula is C16H26. The number of hydrogen-bond donors (Lipinski definition) is 0. The minimum atomic E-state index is 0.299. The normalized spacial score (nSPS) is 13.2. The van der Waals surface area contributed by atoms with Gasteiger partial charge < -0.3 is 0 Å². The Kier molecular flexibility index (Phi) is 3.52. The van der Waals surface area contributed by atoms with E-state index in [2.05, 4.69) is 72.7 Å². The van der Waals surface area contributed by atoms with Crippen LogP contribution in [0.25, 0.3) is 0 Å². The van der Waals surface area contributed by atoms with Crippen molar-refractivity contribution in [1.29, 1.82) is 0 Å². The molecule has 0 bridgehead atoms. The van der Waals surface area contributed by atoms with E-state index in [9.17, 15) is 0 Å². The van der Waals surface area contributed by atoms with Crippen molar-refractivity contribution >= 4 is 0 Å². The van der Waals surface area contributed by atoms with Crippen LogP contribution in [0.5, 0.6) is 0 Å². The van der Waals surface area contributed by atoms with Crippen molar-refractivity contribution < 1.29 is 0 Å². The third-order valence-electron chi connectivity index (χ3n) is 3.14. The highest BCUT2D eigenvalue weighted by Gasteiger charge is 2.35. The van der Waals surface area contributed by atoms with Crippen molar-refractivity contribution in [1.82, 2.24) is 0 Å². The van der Waals surface area contributed by atoms with Crippen molar-refractivity contribution in [3.63, 3.8) is 0 Å². The van der Waals surface area contributed by atoms with Crippen LogP contribution in [0.3, 0.4) is 0 Å². The molecule has 0 spiro atoms. The molecule has 0 fully saturated rings. The van der Waals surface area contributed by atoms with E-state index in [-0.39, 0.29) is 0 Å². The summed E-state index contributed by atoms with van der Waals surface area (Å²) in [5, 5.41) is 0. The first kappa shape index (κ1) is 13.3. The Morgan fingerprint density at radius 3 is 1.44 bits per heavy atom. The zero-order chi connectivity index (χ0) is 12.6. The fourth-order valence-corrected chi connectivity index (χ4v) is 3.06. The Bertz CT molecular complexity index is 316. The predicted octanol–water partition coefficient (Wildman–Crippen LogP) is 5.17. The van der Waals surface area contributed by atoms with Gasteiger partial charge in [0.15, 0.2) is 0 Å². The summed E-state index contributed by atoms with van der Waals surface area (Å²) in [7, 11) is 0. The van der Waals surface area contributed by atoms with Gasteiger partial charge in [0.05, 0.1) is 0 Å². The largest absolute Gasteiger partial charge is 0.0596 e. The molecule has 0 heterocycles. The Morgan fingerprint density at radius 1 is 0.750 bits per heavy atom. The highest BCUT2D eigenvalue weighted by atomic mass is 14.4. The average Bonchev–Trinajstić information content (AvgIpc) is 2.03. The first-order valence-electron chi connectivity index (χ1n) is 6.19. The molecule has 0 aromatic heterocycles. The van der Waals surface area contributed by atoms with Crippen molar-refractivity contribution in [2.75, 3.05) is 0 Å². The molecule has 90 valence electrons. The SMILES string of the molecule is Cc1ccc(C(C(C)(C)C)C(C)(C)C)cc1. The Hall–Kier alpha value is -0.780. The maximum atomic E-state index is 2.34. The molecule has 0 N–H and O–H groups in total. The maximum Gasteiger partial charge on any atom is -0.00646 e. The van der Waals surface area contributed by atoms with Crippen molar-refractivity contribution in [2.45, 2.75) is 54.4 Å². The lowest BCUT2D eigenvalue weighted by molar-refractivity contribution is 0.176. The van der Waals surface area contributed by atoms with Gasteiger partial charge in [-0.3, -0.25) is 0 Å². The van der Waals surface area contributed by atoms with E-state index in [1.165, 1.54) is 11.1 Å². The second kappa shape index (κ2) is 4.24. The van der Waals surface area contributed by atoms with Gasteiger partial charge in [-0.1, -0.05) is 71.4 Å².